The van der Waals surface area contributed by atoms with Crippen molar-refractivity contribution in [3.63, 3.8) is 0 Å². The topological polar surface area (TPSA) is 66.8 Å². The van der Waals surface area contributed by atoms with E-state index >= 15 is 0 Å². The molecule has 0 fully saturated rings. The normalized spacial score (nSPS) is 13.5. The fourth-order valence-corrected chi connectivity index (χ4v) is 3.51. The molecule has 1 aliphatic rings. The summed E-state index contributed by atoms with van der Waals surface area (Å²) in [4.78, 5) is 23.5. The van der Waals surface area contributed by atoms with Crippen LogP contribution in [0, 0.1) is 0 Å². The molecule has 142 valence electrons. The van der Waals surface area contributed by atoms with Crippen LogP contribution in [0.5, 0.6) is 5.75 Å². The van der Waals surface area contributed by atoms with Gasteiger partial charge in [0.1, 0.15) is 17.0 Å². The number of fused-ring (bicyclic) bond motifs is 1. The number of amides is 1. The summed E-state index contributed by atoms with van der Waals surface area (Å²) in [6, 6.07) is 14.3. The van der Waals surface area contributed by atoms with Crippen LogP contribution in [0.2, 0.25) is 10.0 Å². The van der Waals surface area contributed by atoms with Gasteiger partial charge in [0.05, 0.1) is 29.4 Å². The number of carbonyl (C=O) groups is 1. The largest absolute Gasteiger partial charge is 0.494 e. The zero-order valence-electron chi connectivity index (χ0n) is 14.9. The van der Waals surface area contributed by atoms with Gasteiger partial charge in [-0.3, -0.25) is 14.7 Å². The number of methoxy groups -OCH3 is 1. The number of hydrogen-bond donors (Lipinski definition) is 1. The first-order valence-corrected chi connectivity index (χ1v) is 9.35. The lowest BCUT2D eigenvalue weighted by molar-refractivity contribution is 0.0852. The molecule has 3 aromatic rings. The van der Waals surface area contributed by atoms with Crippen LogP contribution in [0.4, 0.5) is 5.69 Å². The third-order valence-electron chi connectivity index (χ3n) is 4.41. The summed E-state index contributed by atoms with van der Waals surface area (Å²) in [5, 5.41) is 4.87. The second kappa shape index (κ2) is 7.66. The number of benzene rings is 2. The Hall–Kier alpha value is -2.83. The molecule has 0 saturated heterocycles. The molecule has 0 aliphatic carbocycles. The van der Waals surface area contributed by atoms with E-state index in [4.69, 9.17) is 27.9 Å². The molecular formula is C20H16Cl2N4O2. The number of aliphatic imine (C=N–C) groups is 1. The van der Waals surface area contributed by atoms with Crippen LogP contribution in [-0.4, -0.2) is 41.9 Å². The van der Waals surface area contributed by atoms with Crippen LogP contribution in [0.3, 0.4) is 0 Å². The number of pyridine rings is 1. The van der Waals surface area contributed by atoms with E-state index in [1.807, 2.05) is 24.3 Å². The van der Waals surface area contributed by atoms with E-state index in [9.17, 15) is 4.79 Å². The number of carbonyl (C=O) groups excluding carboxylic acids is 1. The smallest absolute Gasteiger partial charge is 0.279 e. The summed E-state index contributed by atoms with van der Waals surface area (Å²) < 4.78 is 5.36. The molecule has 1 N–H and O–H groups in total. The lowest BCUT2D eigenvalue weighted by Crippen LogP contribution is -2.38. The first-order chi connectivity index (χ1) is 13.6. The maximum atomic E-state index is 13.1. The Kier molecular flexibility index (Phi) is 5.07. The predicted octanol–water partition coefficient (Wildman–Crippen LogP) is 4.47. The molecule has 0 saturated carbocycles. The maximum Gasteiger partial charge on any atom is 0.279 e. The van der Waals surface area contributed by atoms with Crippen molar-refractivity contribution in [2.45, 2.75) is 0 Å². The van der Waals surface area contributed by atoms with Crippen molar-refractivity contribution < 1.29 is 9.53 Å². The number of aromatic nitrogens is 1. The fraction of sp³-hybridized carbons (Fsp3) is 0.150. The molecule has 1 aliphatic heterocycles. The van der Waals surface area contributed by atoms with Gasteiger partial charge in [0.25, 0.3) is 5.91 Å². The predicted molar refractivity (Wildman–Crippen MR) is 112 cm³/mol. The Bertz CT molecular complexity index is 1080. The minimum absolute atomic E-state index is 0.264. The monoisotopic (exact) mass is 414 g/mol. The van der Waals surface area contributed by atoms with Crippen LogP contribution in [0.15, 0.2) is 53.5 Å². The molecular weight excluding hydrogens is 399 g/mol. The molecule has 0 bridgehead atoms. The Balaban J connectivity index is 1.64. The summed E-state index contributed by atoms with van der Waals surface area (Å²) in [5.74, 6) is 0.741. The van der Waals surface area contributed by atoms with Crippen molar-refractivity contribution in [2.24, 2.45) is 4.99 Å². The van der Waals surface area contributed by atoms with Gasteiger partial charge in [0, 0.05) is 11.9 Å². The number of nitrogens with zero attached hydrogens (tertiary/aromatic N) is 3. The molecule has 0 atom stereocenters. The molecule has 1 amide bonds. The summed E-state index contributed by atoms with van der Waals surface area (Å²) in [5.41, 5.74) is 1.45. The number of anilines is 1. The van der Waals surface area contributed by atoms with Gasteiger partial charge in [-0.1, -0.05) is 47.5 Å². The van der Waals surface area contributed by atoms with Gasteiger partial charge in [-0.2, -0.15) is 0 Å². The highest BCUT2D eigenvalue weighted by Crippen LogP contribution is 2.30. The van der Waals surface area contributed by atoms with Crippen molar-refractivity contribution in [1.29, 1.82) is 0 Å². The van der Waals surface area contributed by atoms with Gasteiger partial charge in [0.15, 0.2) is 0 Å². The molecule has 8 heteroatoms. The average molecular weight is 415 g/mol. The number of hydrogen-bond acceptors (Lipinski definition) is 5. The van der Waals surface area contributed by atoms with Crippen LogP contribution >= 0.6 is 23.2 Å². The molecule has 1 aromatic heterocycles. The zero-order valence-corrected chi connectivity index (χ0v) is 16.5. The number of nitrogens with one attached hydrogen (secondary N) is 1. The van der Waals surface area contributed by atoms with Gasteiger partial charge >= 0.3 is 0 Å². The fourth-order valence-electron chi connectivity index (χ4n) is 3.02. The lowest BCUT2D eigenvalue weighted by atomic mass is 10.2. The number of rotatable bonds is 3. The molecule has 0 radical (unpaired) electrons. The number of para-hydroxylation sites is 2. The van der Waals surface area contributed by atoms with Gasteiger partial charge in [-0.05, 0) is 24.3 Å². The standard InChI is InChI=1S/C20H16Cl2N4O2/c1-28-16-7-2-4-12-8-9-15(24-17(12)16)19(27)26-11-10-23-20(26)25-18-13(21)5-3-6-14(18)22/h2-9H,10-11H2,1H3,(H,23,25). The average Bonchev–Trinajstić information content (AvgIpc) is 3.17. The van der Waals surface area contributed by atoms with E-state index in [1.54, 1.807) is 31.4 Å². The quantitative estimate of drug-likeness (QED) is 0.686. The summed E-state index contributed by atoms with van der Waals surface area (Å²) in [7, 11) is 1.58. The van der Waals surface area contributed by atoms with Gasteiger partial charge < -0.3 is 10.1 Å². The summed E-state index contributed by atoms with van der Waals surface area (Å²) in [6.07, 6.45) is 0. The first kappa shape index (κ1) is 18.5. The van der Waals surface area contributed by atoms with E-state index < -0.39 is 0 Å². The Morgan fingerprint density at radius 3 is 2.61 bits per heavy atom. The molecule has 4 rings (SSSR count). The van der Waals surface area contributed by atoms with Crippen LogP contribution in [-0.2, 0) is 0 Å². The van der Waals surface area contributed by atoms with Crippen molar-refractivity contribution in [1.82, 2.24) is 9.88 Å². The first-order valence-electron chi connectivity index (χ1n) is 8.59. The molecule has 0 spiro atoms. The van der Waals surface area contributed by atoms with Crippen molar-refractivity contribution >= 4 is 51.7 Å². The minimum atomic E-state index is -0.264. The molecule has 2 heterocycles. The zero-order chi connectivity index (χ0) is 19.7. The SMILES string of the molecule is COc1cccc2ccc(C(=O)N3CCN=C3Nc3c(Cl)cccc3Cl)nc12. The molecule has 2 aromatic carbocycles. The third-order valence-corrected chi connectivity index (χ3v) is 5.04. The van der Waals surface area contributed by atoms with Gasteiger partial charge in [-0.15, -0.1) is 0 Å². The second-order valence-electron chi connectivity index (χ2n) is 6.11. The summed E-state index contributed by atoms with van der Waals surface area (Å²) in [6.45, 7) is 0.919. The van der Waals surface area contributed by atoms with Crippen molar-refractivity contribution in [3.05, 3.63) is 64.3 Å². The van der Waals surface area contributed by atoms with Crippen LogP contribution in [0.1, 0.15) is 10.5 Å². The number of ether oxygens (including phenoxy) is 1. The van der Waals surface area contributed by atoms with E-state index in [2.05, 4.69) is 15.3 Å². The highest BCUT2D eigenvalue weighted by molar-refractivity contribution is 6.40. The lowest BCUT2D eigenvalue weighted by Gasteiger charge is -2.20. The van der Waals surface area contributed by atoms with Crippen molar-refractivity contribution in [2.75, 3.05) is 25.5 Å². The maximum absolute atomic E-state index is 13.1. The minimum Gasteiger partial charge on any atom is -0.494 e. The van der Waals surface area contributed by atoms with E-state index in [0.29, 0.717) is 51.7 Å². The second-order valence-corrected chi connectivity index (χ2v) is 6.93. The summed E-state index contributed by atoms with van der Waals surface area (Å²) >= 11 is 12.4. The Morgan fingerprint density at radius 2 is 1.86 bits per heavy atom. The van der Waals surface area contributed by atoms with E-state index in [0.717, 1.165) is 5.39 Å². The van der Waals surface area contributed by atoms with Crippen LogP contribution in [0.25, 0.3) is 10.9 Å². The highest BCUT2D eigenvalue weighted by Gasteiger charge is 2.27. The number of halogens is 2. The highest BCUT2D eigenvalue weighted by atomic mass is 35.5. The van der Waals surface area contributed by atoms with Gasteiger partial charge in [-0.25, -0.2) is 4.98 Å². The Morgan fingerprint density at radius 1 is 1.11 bits per heavy atom. The third kappa shape index (κ3) is 3.37. The van der Waals surface area contributed by atoms with Gasteiger partial charge in [0.2, 0.25) is 5.96 Å². The molecule has 6 nitrogen and oxygen atoms in total. The van der Waals surface area contributed by atoms with E-state index in [1.165, 1.54) is 4.90 Å². The molecule has 28 heavy (non-hydrogen) atoms. The number of guanidine groups is 1. The van der Waals surface area contributed by atoms with Crippen LogP contribution < -0.4 is 10.1 Å². The van der Waals surface area contributed by atoms with E-state index in [-0.39, 0.29) is 5.91 Å². The van der Waals surface area contributed by atoms with Crippen molar-refractivity contribution in [3.8, 4) is 5.75 Å². The molecule has 0 unspecified atom stereocenters. The Labute approximate surface area is 171 Å².